The standard InChI is InChI=1S/C21H27NO4/c23-14-17-12-16(6-8-19(17)24)20(25)13-22-11-10-18-7-9-21(26-18)15-4-2-1-3-5-15/h1-6,8,12,18,20-25H,7,9-11,13-14H2. The van der Waals surface area contributed by atoms with E-state index >= 15 is 0 Å². The minimum atomic E-state index is -0.678. The summed E-state index contributed by atoms with van der Waals surface area (Å²) in [5.74, 6) is 0.0442. The SMILES string of the molecule is OCc1cc(C(O)CNCCC2CCC(c3ccccc3)O2)ccc1O. The Balaban J connectivity index is 1.39. The van der Waals surface area contributed by atoms with Crippen molar-refractivity contribution < 1.29 is 20.1 Å². The van der Waals surface area contributed by atoms with Crippen molar-refractivity contribution in [3.63, 3.8) is 0 Å². The molecule has 0 aromatic heterocycles. The molecule has 0 bridgehead atoms. The molecule has 3 atom stereocenters. The molecule has 4 N–H and O–H groups in total. The van der Waals surface area contributed by atoms with E-state index in [2.05, 4.69) is 17.4 Å². The number of nitrogens with one attached hydrogen (secondary N) is 1. The van der Waals surface area contributed by atoms with Crippen molar-refractivity contribution in [1.29, 1.82) is 0 Å². The Bertz CT molecular complexity index is 692. The van der Waals surface area contributed by atoms with Crippen LogP contribution in [0.4, 0.5) is 0 Å². The van der Waals surface area contributed by atoms with Gasteiger partial charge in [0, 0.05) is 12.1 Å². The van der Waals surface area contributed by atoms with E-state index in [-0.39, 0.29) is 24.6 Å². The highest BCUT2D eigenvalue weighted by Crippen LogP contribution is 2.33. The van der Waals surface area contributed by atoms with Crippen molar-refractivity contribution in [1.82, 2.24) is 5.32 Å². The molecule has 5 heteroatoms. The van der Waals surface area contributed by atoms with Gasteiger partial charge in [-0.1, -0.05) is 36.4 Å². The van der Waals surface area contributed by atoms with Gasteiger partial charge in [-0.15, -0.1) is 0 Å². The van der Waals surface area contributed by atoms with E-state index in [9.17, 15) is 15.3 Å². The van der Waals surface area contributed by atoms with Gasteiger partial charge in [0.15, 0.2) is 0 Å². The molecular formula is C21H27NO4. The van der Waals surface area contributed by atoms with E-state index < -0.39 is 6.10 Å². The van der Waals surface area contributed by atoms with Crippen molar-refractivity contribution in [2.75, 3.05) is 13.1 Å². The number of ether oxygens (including phenoxy) is 1. The molecule has 3 unspecified atom stereocenters. The number of aliphatic hydroxyl groups excluding tert-OH is 2. The van der Waals surface area contributed by atoms with Crippen LogP contribution in [0.5, 0.6) is 5.75 Å². The van der Waals surface area contributed by atoms with Crippen LogP contribution in [-0.2, 0) is 11.3 Å². The van der Waals surface area contributed by atoms with Crippen molar-refractivity contribution in [2.24, 2.45) is 0 Å². The Morgan fingerprint density at radius 3 is 2.69 bits per heavy atom. The molecule has 0 spiro atoms. The average molecular weight is 357 g/mol. The fourth-order valence-electron chi connectivity index (χ4n) is 3.39. The van der Waals surface area contributed by atoms with Gasteiger partial charge < -0.3 is 25.4 Å². The van der Waals surface area contributed by atoms with Crippen LogP contribution >= 0.6 is 0 Å². The zero-order valence-corrected chi connectivity index (χ0v) is 14.8. The van der Waals surface area contributed by atoms with Gasteiger partial charge in [0.25, 0.3) is 0 Å². The number of hydrogen-bond donors (Lipinski definition) is 4. The lowest BCUT2D eigenvalue weighted by molar-refractivity contribution is 0.0396. The quantitative estimate of drug-likeness (QED) is 0.546. The Morgan fingerprint density at radius 1 is 1.12 bits per heavy atom. The number of phenols is 1. The first-order valence-electron chi connectivity index (χ1n) is 9.19. The van der Waals surface area contributed by atoms with Crippen LogP contribution in [0.15, 0.2) is 48.5 Å². The first kappa shape index (κ1) is 18.9. The lowest BCUT2D eigenvalue weighted by atomic mass is 10.0. The second kappa shape index (κ2) is 9.14. The summed E-state index contributed by atoms with van der Waals surface area (Å²) in [5, 5.41) is 32.3. The fourth-order valence-corrected chi connectivity index (χ4v) is 3.39. The summed E-state index contributed by atoms with van der Waals surface area (Å²) in [7, 11) is 0. The number of rotatable bonds is 8. The minimum absolute atomic E-state index is 0.0442. The summed E-state index contributed by atoms with van der Waals surface area (Å²) in [6, 6.07) is 15.1. The summed E-state index contributed by atoms with van der Waals surface area (Å²) < 4.78 is 6.12. The molecule has 1 fully saturated rings. The van der Waals surface area contributed by atoms with Crippen LogP contribution in [0.25, 0.3) is 0 Å². The largest absolute Gasteiger partial charge is 0.508 e. The van der Waals surface area contributed by atoms with Crippen LogP contribution < -0.4 is 5.32 Å². The number of aromatic hydroxyl groups is 1. The molecule has 0 saturated carbocycles. The predicted molar refractivity (Wildman–Crippen MR) is 99.8 cm³/mol. The molecule has 0 aliphatic carbocycles. The molecule has 1 aliphatic rings. The maximum atomic E-state index is 10.3. The van der Waals surface area contributed by atoms with Crippen molar-refractivity contribution in [3.05, 3.63) is 65.2 Å². The highest BCUT2D eigenvalue weighted by atomic mass is 16.5. The molecule has 0 radical (unpaired) electrons. The van der Waals surface area contributed by atoms with Gasteiger partial charge in [0.1, 0.15) is 5.75 Å². The average Bonchev–Trinajstić information content (AvgIpc) is 3.15. The Labute approximate surface area is 154 Å². The van der Waals surface area contributed by atoms with Crippen molar-refractivity contribution >= 4 is 0 Å². The zero-order valence-electron chi connectivity index (χ0n) is 14.8. The third-order valence-corrected chi connectivity index (χ3v) is 4.92. The third-order valence-electron chi connectivity index (χ3n) is 4.92. The molecule has 0 amide bonds. The molecule has 1 saturated heterocycles. The van der Waals surface area contributed by atoms with E-state index in [1.807, 2.05) is 18.2 Å². The highest BCUT2D eigenvalue weighted by Gasteiger charge is 2.25. The van der Waals surface area contributed by atoms with Crippen molar-refractivity contribution in [2.45, 2.75) is 44.2 Å². The summed E-state index contributed by atoms with van der Waals surface area (Å²) in [6.07, 6.45) is 2.78. The smallest absolute Gasteiger partial charge is 0.121 e. The fraction of sp³-hybridized carbons (Fsp3) is 0.429. The van der Waals surface area contributed by atoms with Crippen LogP contribution in [0.1, 0.15) is 48.2 Å². The van der Waals surface area contributed by atoms with E-state index in [1.165, 1.54) is 11.6 Å². The van der Waals surface area contributed by atoms with E-state index in [0.29, 0.717) is 17.7 Å². The maximum absolute atomic E-state index is 10.3. The molecule has 2 aromatic rings. The van der Waals surface area contributed by atoms with Crippen LogP contribution in [0.3, 0.4) is 0 Å². The van der Waals surface area contributed by atoms with Gasteiger partial charge in [0.2, 0.25) is 0 Å². The zero-order chi connectivity index (χ0) is 18.4. The van der Waals surface area contributed by atoms with Gasteiger partial charge in [0.05, 0.1) is 24.9 Å². The van der Waals surface area contributed by atoms with E-state index in [0.717, 1.165) is 25.8 Å². The summed E-state index contributed by atoms with van der Waals surface area (Å²) >= 11 is 0. The normalized spacial score (nSPS) is 21.0. The lowest BCUT2D eigenvalue weighted by Gasteiger charge is -2.16. The Kier molecular flexibility index (Phi) is 6.63. The Morgan fingerprint density at radius 2 is 1.92 bits per heavy atom. The summed E-state index contributed by atoms with van der Waals surface area (Å²) in [4.78, 5) is 0. The Hall–Kier alpha value is -1.92. The molecule has 2 aromatic carbocycles. The van der Waals surface area contributed by atoms with Gasteiger partial charge >= 0.3 is 0 Å². The molecule has 5 nitrogen and oxygen atoms in total. The first-order chi connectivity index (χ1) is 12.7. The second-order valence-electron chi connectivity index (χ2n) is 6.79. The third kappa shape index (κ3) is 4.83. The van der Waals surface area contributed by atoms with E-state index in [1.54, 1.807) is 12.1 Å². The monoisotopic (exact) mass is 357 g/mol. The highest BCUT2D eigenvalue weighted by molar-refractivity contribution is 5.36. The second-order valence-corrected chi connectivity index (χ2v) is 6.79. The van der Waals surface area contributed by atoms with Crippen LogP contribution in [0, 0.1) is 0 Å². The minimum Gasteiger partial charge on any atom is -0.508 e. The van der Waals surface area contributed by atoms with Gasteiger partial charge in [-0.25, -0.2) is 0 Å². The summed E-state index contributed by atoms with van der Waals surface area (Å²) in [5.41, 5.74) is 2.35. The van der Waals surface area contributed by atoms with Gasteiger partial charge in [-0.05, 0) is 49.1 Å². The van der Waals surface area contributed by atoms with Crippen LogP contribution in [0.2, 0.25) is 0 Å². The number of aliphatic hydroxyl groups is 2. The molecule has 3 rings (SSSR count). The maximum Gasteiger partial charge on any atom is 0.121 e. The molecule has 26 heavy (non-hydrogen) atoms. The first-order valence-corrected chi connectivity index (χ1v) is 9.19. The van der Waals surface area contributed by atoms with Gasteiger partial charge in [-0.3, -0.25) is 0 Å². The predicted octanol–water partition coefficient (Wildman–Crippen LogP) is 2.82. The molecule has 140 valence electrons. The topological polar surface area (TPSA) is 82.0 Å². The van der Waals surface area contributed by atoms with Gasteiger partial charge in [-0.2, -0.15) is 0 Å². The van der Waals surface area contributed by atoms with Crippen molar-refractivity contribution in [3.8, 4) is 5.75 Å². The number of hydrogen-bond acceptors (Lipinski definition) is 5. The molecule has 1 heterocycles. The molecule has 1 aliphatic heterocycles. The number of benzene rings is 2. The lowest BCUT2D eigenvalue weighted by Crippen LogP contribution is -2.25. The van der Waals surface area contributed by atoms with Crippen LogP contribution in [-0.4, -0.2) is 34.5 Å². The summed E-state index contributed by atoms with van der Waals surface area (Å²) in [6.45, 7) is 0.945. The molecular weight excluding hydrogens is 330 g/mol. The van der Waals surface area contributed by atoms with E-state index in [4.69, 9.17) is 4.74 Å².